The summed E-state index contributed by atoms with van der Waals surface area (Å²) in [4.78, 5) is 23.3. The first-order valence-electron chi connectivity index (χ1n) is 11.1. The fourth-order valence-corrected chi connectivity index (χ4v) is 4.87. The molecular formula is C24H27F2N5O3S. The second kappa shape index (κ2) is 10.3. The number of nitrogens with zero attached hydrogens (tertiary/aromatic N) is 3. The Balaban J connectivity index is 1.58. The van der Waals surface area contributed by atoms with Crippen molar-refractivity contribution in [2.24, 2.45) is 5.73 Å². The van der Waals surface area contributed by atoms with E-state index in [4.69, 9.17) is 10.5 Å². The van der Waals surface area contributed by atoms with Gasteiger partial charge in [0.15, 0.2) is 0 Å². The summed E-state index contributed by atoms with van der Waals surface area (Å²) in [6.45, 7) is 4.39. The Hall–Kier alpha value is -2.99. The van der Waals surface area contributed by atoms with Gasteiger partial charge in [0, 0.05) is 23.2 Å². The van der Waals surface area contributed by atoms with Gasteiger partial charge in [0.05, 0.1) is 37.0 Å². The Labute approximate surface area is 205 Å². The third-order valence-electron chi connectivity index (χ3n) is 5.76. The average molecular weight is 504 g/mol. The van der Waals surface area contributed by atoms with Gasteiger partial charge in [-0.2, -0.15) is 0 Å². The number of halogens is 2. The summed E-state index contributed by atoms with van der Waals surface area (Å²) >= 11 is 1.16. The largest absolute Gasteiger partial charge is 0.386 e. The van der Waals surface area contributed by atoms with Crippen molar-refractivity contribution >= 4 is 28.1 Å². The molecule has 35 heavy (non-hydrogen) atoms. The number of nitrogens with two attached hydrogens (primary N) is 1. The Bertz CT molecular complexity index is 1210. The zero-order chi connectivity index (χ0) is 25.2. The quantitative estimate of drug-likeness (QED) is 0.431. The Morgan fingerprint density at radius 3 is 2.86 bits per heavy atom. The fraction of sp³-hybridized carbons (Fsp3) is 0.375. The molecule has 186 valence electrons. The summed E-state index contributed by atoms with van der Waals surface area (Å²) < 4.78 is 33.5. The molecule has 1 atom stereocenters. The lowest BCUT2D eigenvalue weighted by atomic mass is 9.96. The van der Waals surface area contributed by atoms with Crippen LogP contribution in [-0.4, -0.2) is 58.4 Å². The standard InChI is InChI=1S/C24H27F2N5O3S/c1-24(2,33)14-3-4-16(18(26)9-14)19-10-17(22(27)32)23(35-19)30-20-5-6-28-21(29-20)12-31-7-8-34-13-15(31)11-25/h3-6,9-10,15,33H,7-8,11-13H2,1-2H3,(H2,27,32)(H,28,29,30). The van der Waals surface area contributed by atoms with Gasteiger partial charge in [0.1, 0.15) is 29.1 Å². The van der Waals surface area contributed by atoms with E-state index >= 15 is 0 Å². The van der Waals surface area contributed by atoms with Crippen LogP contribution in [0.4, 0.5) is 19.6 Å². The van der Waals surface area contributed by atoms with E-state index < -0.39 is 24.0 Å². The highest BCUT2D eigenvalue weighted by Gasteiger charge is 2.24. The number of carbonyl (C=O) groups excluding carboxylic acids is 1. The van der Waals surface area contributed by atoms with Crippen LogP contribution in [0, 0.1) is 5.82 Å². The molecule has 8 nitrogen and oxygen atoms in total. The zero-order valence-corrected chi connectivity index (χ0v) is 20.2. The second-order valence-electron chi connectivity index (χ2n) is 8.81. The number of carbonyl (C=O) groups is 1. The van der Waals surface area contributed by atoms with Crippen molar-refractivity contribution in [3.8, 4) is 10.4 Å². The number of hydrogen-bond acceptors (Lipinski definition) is 8. The number of nitrogens with one attached hydrogen (secondary N) is 1. The number of primary amides is 1. The summed E-state index contributed by atoms with van der Waals surface area (Å²) in [5.41, 5.74) is 5.31. The van der Waals surface area contributed by atoms with E-state index in [9.17, 15) is 18.7 Å². The van der Waals surface area contributed by atoms with Gasteiger partial charge < -0.3 is 20.9 Å². The highest BCUT2D eigenvalue weighted by Crippen LogP contribution is 2.38. The molecule has 1 unspecified atom stereocenters. The van der Waals surface area contributed by atoms with Gasteiger partial charge >= 0.3 is 0 Å². The maximum Gasteiger partial charge on any atom is 0.251 e. The molecule has 3 heterocycles. The van der Waals surface area contributed by atoms with E-state index in [-0.39, 0.29) is 17.2 Å². The summed E-state index contributed by atoms with van der Waals surface area (Å²) in [7, 11) is 0. The molecule has 1 fully saturated rings. The first kappa shape index (κ1) is 25.1. The van der Waals surface area contributed by atoms with Gasteiger partial charge in [0.2, 0.25) is 0 Å². The van der Waals surface area contributed by atoms with Gasteiger partial charge in [0.25, 0.3) is 5.91 Å². The minimum absolute atomic E-state index is 0.196. The van der Waals surface area contributed by atoms with Crippen LogP contribution < -0.4 is 11.1 Å². The molecule has 0 bridgehead atoms. The highest BCUT2D eigenvalue weighted by atomic mass is 32.1. The minimum Gasteiger partial charge on any atom is -0.386 e. The van der Waals surface area contributed by atoms with Gasteiger partial charge in [-0.3, -0.25) is 9.69 Å². The third kappa shape index (κ3) is 5.81. The highest BCUT2D eigenvalue weighted by molar-refractivity contribution is 7.19. The molecule has 0 radical (unpaired) electrons. The summed E-state index contributed by atoms with van der Waals surface area (Å²) in [6, 6.07) is 7.30. The first-order chi connectivity index (χ1) is 16.7. The number of rotatable bonds is 8. The molecule has 2 aromatic heterocycles. The van der Waals surface area contributed by atoms with Crippen LogP contribution in [0.5, 0.6) is 0 Å². The van der Waals surface area contributed by atoms with Crippen LogP contribution in [0.2, 0.25) is 0 Å². The normalized spacial score (nSPS) is 16.9. The van der Waals surface area contributed by atoms with Crippen LogP contribution in [0.3, 0.4) is 0 Å². The van der Waals surface area contributed by atoms with E-state index in [1.54, 1.807) is 38.2 Å². The topological polar surface area (TPSA) is 114 Å². The number of benzene rings is 1. The maximum atomic E-state index is 14.9. The van der Waals surface area contributed by atoms with Crippen molar-refractivity contribution in [2.75, 3.05) is 31.7 Å². The number of amides is 1. The predicted molar refractivity (Wildman–Crippen MR) is 130 cm³/mol. The van der Waals surface area contributed by atoms with Crippen LogP contribution >= 0.6 is 11.3 Å². The fourth-order valence-electron chi connectivity index (χ4n) is 3.78. The molecule has 4 N–H and O–H groups in total. The maximum absolute atomic E-state index is 14.9. The predicted octanol–water partition coefficient (Wildman–Crippen LogP) is 3.58. The van der Waals surface area contributed by atoms with Crippen LogP contribution in [0.1, 0.15) is 35.6 Å². The van der Waals surface area contributed by atoms with Gasteiger partial charge in [-0.25, -0.2) is 18.7 Å². The van der Waals surface area contributed by atoms with Crippen molar-refractivity contribution in [1.82, 2.24) is 14.9 Å². The van der Waals surface area contributed by atoms with Gasteiger partial charge in [-0.15, -0.1) is 11.3 Å². The van der Waals surface area contributed by atoms with E-state index in [0.717, 1.165) is 11.3 Å². The lowest BCUT2D eigenvalue weighted by Crippen LogP contribution is -2.46. The smallest absolute Gasteiger partial charge is 0.251 e. The number of alkyl halides is 1. The SMILES string of the molecule is CC(C)(O)c1ccc(-c2cc(C(N)=O)c(Nc3ccnc(CN4CCOCC4CF)n3)s2)c(F)c1. The van der Waals surface area contributed by atoms with Crippen LogP contribution in [0.25, 0.3) is 10.4 Å². The van der Waals surface area contributed by atoms with Crippen molar-refractivity contribution in [2.45, 2.75) is 32.0 Å². The number of thiophene rings is 1. The Morgan fingerprint density at radius 1 is 1.37 bits per heavy atom. The lowest BCUT2D eigenvalue weighted by Gasteiger charge is -2.33. The Morgan fingerprint density at radius 2 is 2.17 bits per heavy atom. The summed E-state index contributed by atoms with van der Waals surface area (Å²) in [5, 5.41) is 13.6. The molecule has 1 aliphatic heterocycles. The average Bonchev–Trinajstić information content (AvgIpc) is 3.22. The Kier molecular flexibility index (Phi) is 7.41. The third-order valence-corrected chi connectivity index (χ3v) is 6.84. The number of morpholine rings is 1. The van der Waals surface area contributed by atoms with E-state index in [1.165, 1.54) is 12.1 Å². The van der Waals surface area contributed by atoms with E-state index in [0.29, 0.717) is 53.4 Å². The summed E-state index contributed by atoms with van der Waals surface area (Å²) in [6.07, 6.45) is 1.57. The van der Waals surface area contributed by atoms with Crippen LogP contribution in [-0.2, 0) is 16.9 Å². The number of hydrogen-bond donors (Lipinski definition) is 3. The molecule has 11 heteroatoms. The molecule has 4 rings (SSSR count). The van der Waals surface area contributed by atoms with Crippen molar-refractivity contribution in [3.63, 3.8) is 0 Å². The number of anilines is 2. The molecule has 1 amide bonds. The molecule has 0 spiro atoms. The van der Waals surface area contributed by atoms with Crippen molar-refractivity contribution in [1.29, 1.82) is 0 Å². The number of aliphatic hydroxyl groups is 1. The van der Waals surface area contributed by atoms with Crippen LogP contribution in [0.15, 0.2) is 36.5 Å². The molecule has 1 saturated heterocycles. The van der Waals surface area contributed by atoms with Crippen molar-refractivity contribution in [3.05, 3.63) is 59.3 Å². The van der Waals surface area contributed by atoms with E-state index in [1.807, 2.05) is 4.90 Å². The second-order valence-corrected chi connectivity index (χ2v) is 9.86. The molecular weight excluding hydrogens is 476 g/mol. The minimum atomic E-state index is -1.18. The monoisotopic (exact) mass is 503 g/mol. The van der Waals surface area contributed by atoms with Gasteiger partial charge in [-0.1, -0.05) is 12.1 Å². The lowest BCUT2D eigenvalue weighted by molar-refractivity contribution is -0.0207. The van der Waals surface area contributed by atoms with E-state index in [2.05, 4.69) is 15.3 Å². The van der Waals surface area contributed by atoms with Gasteiger partial charge in [-0.05, 0) is 37.6 Å². The molecule has 3 aromatic rings. The molecule has 0 aliphatic carbocycles. The first-order valence-corrected chi connectivity index (χ1v) is 11.9. The number of ether oxygens (including phenoxy) is 1. The molecule has 1 aromatic carbocycles. The zero-order valence-electron chi connectivity index (χ0n) is 19.4. The van der Waals surface area contributed by atoms with Crippen molar-refractivity contribution < 1.29 is 23.4 Å². The number of aromatic nitrogens is 2. The summed E-state index contributed by atoms with van der Waals surface area (Å²) in [5.74, 6) is -0.280. The molecule has 1 aliphatic rings. The molecule has 0 saturated carbocycles.